The molecular formula is C6H5ClN2O3. The molecule has 64 valence electrons. The van der Waals surface area contributed by atoms with E-state index < -0.39 is 11.0 Å². The Labute approximate surface area is 72.6 Å². The summed E-state index contributed by atoms with van der Waals surface area (Å²) in [4.78, 5) is 9.54. The first kappa shape index (κ1) is 8.89. The second kappa shape index (κ2) is 3.04. The van der Waals surface area contributed by atoms with Crippen molar-refractivity contribution >= 4 is 17.3 Å². The largest absolute Gasteiger partial charge is 0.381 e. The molecule has 1 aliphatic carbocycles. The van der Waals surface area contributed by atoms with Crippen LogP contribution in [0.5, 0.6) is 0 Å². The van der Waals surface area contributed by atoms with Crippen molar-refractivity contribution in [2.75, 3.05) is 0 Å². The normalized spacial score (nSPS) is 23.2. The Kier molecular flexibility index (Phi) is 2.25. The van der Waals surface area contributed by atoms with E-state index in [1.807, 2.05) is 0 Å². The molecule has 1 unspecified atom stereocenters. The number of nitrogens with zero attached hydrogens (tertiary/aromatic N) is 1. The molecule has 5 nitrogen and oxygen atoms in total. The van der Waals surface area contributed by atoms with Crippen LogP contribution in [0.1, 0.15) is 0 Å². The lowest BCUT2D eigenvalue weighted by Crippen LogP contribution is -2.22. The van der Waals surface area contributed by atoms with E-state index in [2.05, 4.69) is 0 Å². The highest BCUT2D eigenvalue weighted by molar-refractivity contribution is 6.33. The minimum atomic E-state index is -1.23. The van der Waals surface area contributed by atoms with E-state index in [1.54, 1.807) is 0 Å². The third kappa shape index (κ3) is 1.51. The van der Waals surface area contributed by atoms with Crippen LogP contribution in [-0.2, 0) is 0 Å². The molecule has 0 aromatic rings. The Hall–Kier alpha value is -1.20. The minimum Gasteiger partial charge on any atom is -0.381 e. The van der Waals surface area contributed by atoms with Gasteiger partial charge >= 0.3 is 0 Å². The lowest BCUT2D eigenvalue weighted by atomic mass is 10.1. The summed E-state index contributed by atoms with van der Waals surface area (Å²) in [6.07, 6.45) is 0.774. The van der Waals surface area contributed by atoms with E-state index in [-0.39, 0.29) is 16.4 Å². The monoisotopic (exact) mass is 188 g/mol. The van der Waals surface area contributed by atoms with Crippen molar-refractivity contribution in [2.24, 2.45) is 0 Å². The average molecular weight is 189 g/mol. The van der Waals surface area contributed by atoms with Crippen LogP contribution in [-0.4, -0.2) is 21.8 Å². The molecule has 0 fully saturated rings. The fourth-order valence-electron chi connectivity index (χ4n) is 0.754. The molecule has 0 heterocycles. The molecule has 12 heavy (non-hydrogen) atoms. The van der Waals surface area contributed by atoms with E-state index in [4.69, 9.17) is 22.1 Å². The Morgan fingerprint density at radius 3 is 2.67 bits per heavy atom. The second-order valence-corrected chi connectivity index (χ2v) is 2.65. The summed E-state index contributed by atoms with van der Waals surface area (Å²) in [7, 11) is 0. The summed E-state index contributed by atoms with van der Waals surface area (Å²) in [6.45, 7) is 0. The van der Waals surface area contributed by atoms with Gasteiger partial charge in [-0.1, -0.05) is 11.6 Å². The lowest BCUT2D eigenvalue weighted by molar-refractivity contribution is -0.419. The van der Waals surface area contributed by atoms with Gasteiger partial charge in [0.1, 0.15) is 6.10 Å². The maximum absolute atomic E-state index is 10.2. The van der Waals surface area contributed by atoms with Crippen LogP contribution in [0.25, 0.3) is 0 Å². The van der Waals surface area contributed by atoms with Gasteiger partial charge in [0, 0.05) is 12.2 Å². The molecule has 0 aromatic heterocycles. The lowest BCUT2D eigenvalue weighted by Gasteiger charge is -2.11. The third-order valence-corrected chi connectivity index (χ3v) is 1.67. The smallest absolute Gasteiger partial charge is 0.272 e. The van der Waals surface area contributed by atoms with E-state index >= 15 is 0 Å². The molecular weight excluding hydrogens is 184 g/mol. The third-order valence-electron chi connectivity index (χ3n) is 1.36. The summed E-state index contributed by atoms with van der Waals surface area (Å²) >= 11 is 5.43. The Balaban J connectivity index is 3.03. The van der Waals surface area contributed by atoms with Gasteiger partial charge in [0.05, 0.1) is 15.7 Å². The number of allylic oxidation sites excluding steroid dienone is 1. The Morgan fingerprint density at radius 2 is 2.25 bits per heavy atom. The van der Waals surface area contributed by atoms with Gasteiger partial charge in [-0.15, -0.1) is 0 Å². The summed E-state index contributed by atoms with van der Waals surface area (Å²) in [5.41, 5.74) is -0.551. The molecule has 1 rings (SSSR count). The minimum absolute atomic E-state index is 0.103. The van der Waals surface area contributed by atoms with Crippen LogP contribution in [0.3, 0.4) is 0 Å². The number of aliphatic hydroxyl groups is 1. The maximum Gasteiger partial charge on any atom is 0.272 e. The van der Waals surface area contributed by atoms with E-state index in [0.717, 1.165) is 12.2 Å². The van der Waals surface area contributed by atoms with Crippen molar-refractivity contribution in [2.45, 2.75) is 6.10 Å². The molecule has 2 N–H and O–H groups in total. The van der Waals surface area contributed by atoms with Gasteiger partial charge in [0.15, 0.2) is 0 Å². The average Bonchev–Trinajstić information content (AvgIpc) is 1.99. The van der Waals surface area contributed by atoms with Crippen molar-refractivity contribution in [3.63, 3.8) is 0 Å². The molecule has 0 aliphatic heterocycles. The maximum atomic E-state index is 10.2. The topological polar surface area (TPSA) is 87.2 Å². The van der Waals surface area contributed by atoms with Crippen molar-refractivity contribution in [1.29, 1.82) is 5.41 Å². The highest BCUT2D eigenvalue weighted by atomic mass is 35.5. The number of aliphatic hydroxyl groups excluding tert-OH is 1. The fourth-order valence-corrected chi connectivity index (χ4v) is 0.983. The molecule has 0 spiro atoms. The van der Waals surface area contributed by atoms with E-state index in [9.17, 15) is 10.1 Å². The molecule has 0 saturated heterocycles. The summed E-state index contributed by atoms with van der Waals surface area (Å²) in [5.74, 6) is 0. The number of hydrogen-bond acceptors (Lipinski definition) is 4. The van der Waals surface area contributed by atoms with Gasteiger partial charge in [-0.05, 0) is 0 Å². The summed E-state index contributed by atoms with van der Waals surface area (Å²) in [6, 6.07) is 0. The summed E-state index contributed by atoms with van der Waals surface area (Å²) in [5, 5.41) is 26.3. The molecule has 0 bridgehead atoms. The van der Waals surface area contributed by atoms with Gasteiger partial charge in [0.2, 0.25) is 0 Å². The molecule has 0 radical (unpaired) electrons. The molecule has 0 amide bonds. The second-order valence-electron chi connectivity index (χ2n) is 2.21. The Morgan fingerprint density at radius 1 is 1.67 bits per heavy atom. The quantitative estimate of drug-likeness (QED) is 0.468. The summed E-state index contributed by atoms with van der Waals surface area (Å²) < 4.78 is 0. The van der Waals surface area contributed by atoms with Crippen LogP contribution in [0.2, 0.25) is 0 Å². The number of nitrogens with one attached hydrogen (secondary N) is 1. The van der Waals surface area contributed by atoms with E-state index in [1.165, 1.54) is 0 Å². The van der Waals surface area contributed by atoms with Crippen LogP contribution in [0.4, 0.5) is 0 Å². The number of halogens is 1. The standard InChI is InChI=1S/C6H5ClN2O3/c7-4-1-3(9(11)12)2-5(8)6(4)10/h1-2,6,8,10H. The van der Waals surface area contributed by atoms with Crippen molar-refractivity contribution < 1.29 is 10.0 Å². The van der Waals surface area contributed by atoms with Crippen LogP contribution < -0.4 is 0 Å². The van der Waals surface area contributed by atoms with Crippen molar-refractivity contribution in [3.05, 3.63) is 33.0 Å². The zero-order chi connectivity index (χ0) is 9.30. The van der Waals surface area contributed by atoms with Gasteiger partial charge in [0.25, 0.3) is 5.70 Å². The highest BCUT2D eigenvalue weighted by Gasteiger charge is 2.23. The molecule has 1 aliphatic rings. The van der Waals surface area contributed by atoms with Crippen LogP contribution in [0.15, 0.2) is 22.9 Å². The Bertz CT molecular complexity index is 308. The number of rotatable bonds is 1. The van der Waals surface area contributed by atoms with Crippen LogP contribution >= 0.6 is 11.6 Å². The predicted molar refractivity (Wildman–Crippen MR) is 42.7 cm³/mol. The zero-order valence-corrected chi connectivity index (χ0v) is 6.58. The molecule has 1 atom stereocenters. The number of hydrogen-bond donors (Lipinski definition) is 2. The zero-order valence-electron chi connectivity index (χ0n) is 5.82. The van der Waals surface area contributed by atoms with Gasteiger partial charge in [-0.2, -0.15) is 0 Å². The van der Waals surface area contributed by atoms with Gasteiger partial charge in [-0.25, -0.2) is 0 Å². The van der Waals surface area contributed by atoms with Crippen molar-refractivity contribution in [3.8, 4) is 0 Å². The molecule has 0 aromatic carbocycles. The van der Waals surface area contributed by atoms with Gasteiger partial charge in [-0.3, -0.25) is 10.1 Å². The predicted octanol–water partition coefficient (Wildman–Crippen LogP) is 0.664. The SMILES string of the molecule is N=C1C=C([N+](=O)[O-])C=C(Cl)C1O. The number of nitro groups is 1. The fraction of sp³-hybridized carbons (Fsp3) is 0.167. The van der Waals surface area contributed by atoms with Crippen molar-refractivity contribution in [1.82, 2.24) is 0 Å². The molecule has 6 heteroatoms. The first-order chi connectivity index (χ1) is 5.52. The first-order valence-electron chi connectivity index (χ1n) is 3.02. The van der Waals surface area contributed by atoms with Crippen LogP contribution in [0, 0.1) is 15.5 Å². The first-order valence-corrected chi connectivity index (χ1v) is 3.40. The molecule has 0 saturated carbocycles. The van der Waals surface area contributed by atoms with Gasteiger partial charge < -0.3 is 10.5 Å². The highest BCUT2D eigenvalue weighted by Crippen LogP contribution is 2.18. The van der Waals surface area contributed by atoms with E-state index in [0.29, 0.717) is 0 Å².